The molecule has 0 nitrogen and oxygen atoms in total. The summed E-state index contributed by atoms with van der Waals surface area (Å²) >= 11 is -1.05. The summed E-state index contributed by atoms with van der Waals surface area (Å²) in [6.45, 7) is 14.4. The average Bonchev–Trinajstić information content (AvgIpc) is 3.05. The summed E-state index contributed by atoms with van der Waals surface area (Å²) in [5.41, 5.74) is 11.3. The van der Waals surface area contributed by atoms with Crippen LogP contribution in [0.15, 0.2) is 62.0 Å². The standard InChI is InChI=1S/C16H15.C10H15.Hf/c1-2-5-12-8-9-15-10-13-6-3-4-7-14(13)11-16(12)15;1-6-7(2)9(4)10(5)8(6)3;/h3-4,6-7,10-11H,2,5,9H2,1H3;1-5H3;. The molecule has 0 saturated carbocycles. The summed E-state index contributed by atoms with van der Waals surface area (Å²) in [5.74, 6) is 0. The number of benzene rings is 2. The van der Waals surface area contributed by atoms with Gasteiger partial charge in [-0.05, 0) is 0 Å². The predicted molar refractivity (Wildman–Crippen MR) is 115 cm³/mol. The molecule has 0 spiro atoms. The van der Waals surface area contributed by atoms with Crippen molar-refractivity contribution in [2.45, 2.75) is 64.0 Å². The Hall–Kier alpha value is -1.21. The number of rotatable bonds is 4. The van der Waals surface area contributed by atoms with Crippen LogP contribution < -0.4 is 0 Å². The zero-order valence-electron chi connectivity index (χ0n) is 17.6. The van der Waals surface area contributed by atoms with E-state index in [2.05, 4.69) is 77.9 Å². The van der Waals surface area contributed by atoms with Crippen LogP contribution in [0.3, 0.4) is 0 Å². The molecule has 0 N–H and O–H groups in total. The van der Waals surface area contributed by atoms with E-state index in [1.807, 2.05) is 3.33 Å². The molecule has 2 aliphatic carbocycles. The second-order valence-corrected chi connectivity index (χ2v) is 15.1. The first kappa shape index (κ1) is 19.1. The molecule has 0 fully saturated rings. The SMILES string of the molecule is CCCC1=[C]([Hf][C]2(C)C(C)=C(C)C(C)=C2C)Cc2cc3ccccc3cc21. The zero-order valence-corrected chi connectivity index (χ0v) is 21.2. The van der Waals surface area contributed by atoms with Crippen molar-refractivity contribution in [3.63, 3.8) is 0 Å². The second-order valence-electron chi connectivity index (χ2n) is 8.49. The van der Waals surface area contributed by atoms with Gasteiger partial charge < -0.3 is 0 Å². The summed E-state index contributed by atoms with van der Waals surface area (Å²) < 4.78 is 2.25. The van der Waals surface area contributed by atoms with Crippen LogP contribution in [0.2, 0.25) is 3.17 Å². The molecule has 0 amide bonds. The summed E-state index contributed by atoms with van der Waals surface area (Å²) in [7, 11) is 0. The third-order valence-electron chi connectivity index (χ3n) is 7.12. The van der Waals surface area contributed by atoms with E-state index in [9.17, 15) is 0 Å². The van der Waals surface area contributed by atoms with Gasteiger partial charge in [-0.15, -0.1) is 0 Å². The number of hydrogen-bond donors (Lipinski definition) is 0. The van der Waals surface area contributed by atoms with E-state index in [1.165, 1.54) is 30.0 Å². The van der Waals surface area contributed by atoms with Crippen molar-refractivity contribution >= 4 is 16.3 Å². The molecule has 0 aromatic heterocycles. The van der Waals surface area contributed by atoms with Crippen LogP contribution in [-0.2, 0) is 29.3 Å². The first-order valence-electron chi connectivity index (χ1n) is 10.2. The minimum absolute atomic E-state index is 0.379. The molecule has 2 aromatic rings. The Bertz CT molecular complexity index is 1010. The van der Waals surface area contributed by atoms with Gasteiger partial charge in [0.25, 0.3) is 0 Å². The van der Waals surface area contributed by atoms with Gasteiger partial charge in [0.2, 0.25) is 0 Å². The third kappa shape index (κ3) is 2.97. The topological polar surface area (TPSA) is 0 Å². The molecule has 138 valence electrons. The maximum absolute atomic E-state index is 2.55. The van der Waals surface area contributed by atoms with Crippen molar-refractivity contribution in [2.24, 2.45) is 0 Å². The normalized spacial score (nSPS) is 18.7. The van der Waals surface area contributed by atoms with Crippen LogP contribution in [0.25, 0.3) is 16.3 Å². The van der Waals surface area contributed by atoms with Gasteiger partial charge in [-0.25, -0.2) is 0 Å². The van der Waals surface area contributed by atoms with Crippen LogP contribution in [0.4, 0.5) is 0 Å². The summed E-state index contributed by atoms with van der Waals surface area (Å²) in [6.07, 6.45) is 3.70. The molecule has 0 saturated heterocycles. The van der Waals surface area contributed by atoms with Gasteiger partial charge >= 0.3 is 176 Å². The molecular weight excluding hydrogens is 491 g/mol. The molecule has 27 heavy (non-hydrogen) atoms. The number of hydrogen-bond acceptors (Lipinski definition) is 0. The fourth-order valence-electron chi connectivity index (χ4n) is 4.91. The minimum atomic E-state index is -1.05. The monoisotopic (exact) mass is 522 g/mol. The molecule has 0 radical (unpaired) electrons. The van der Waals surface area contributed by atoms with E-state index < -0.39 is 22.9 Å². The molecule has 0 unspecified atom stereocenters. The van der Waals surface area contributed by atoms with Crippen LogP contribution in [-0.4, -0.2) is 0 Å². The Labute approximate surface area is 175 Å². The molecule has 0 bridgehead atoms. The van der Waals surface area contributed by atoms with Gasteiger partial charge in [-0.2, -0.15) is 0 Å². The molecule has 2 aliphatic rings. The molecule has 1 heteroatoms. The first-order chi connectivity index (χ1) is 12.9. The van der Waals surface area contributed by atoms with Crippen molar-refractivity contribution in [1.82, 2.24) is 0 Å². The van der Waals surface area contributed by atoms with E-state index in [0.29, 0.717) is 3.17 Å². The van der Waals surface area contributed by atoms with Crippen LogP contribution in [0, 0.1) is 0 Å². The predicted octanol–water partition coefficient (Wildman–Crippen LogP) is 7.85. The van der Waals surface area contributed by atoms with Gasteiger partial charge in [-0.1, -0.05) is 0 Å². The van der Waals surface area contributed by atoms with Crippen LogP contribution in [0.1, 0.15) is 65.5 Å². The molecule has 4 rings (SSSR count). The van der Waals surface area contributed by atoms with Crippen molar-refractivity contribution in [3.05, 3.63) is 73.1 Å². The molecule has 0 heterocycles. The third-order valence-corrected chi connectivity index (χ3v) is 14.4. The van der Waals surface area contributed by atoms with E-state index in [4.69, 9.17) is 0 Å². The fraction of sp³-hybridized carbons (Fsp3) is 0.385. The van der Waals surface area contributed by atoms with Gasteiger partial charge in [-0.3, -0.25) is 0 Å². The maximum atomic E-state index is 2.55. The zero-order chi connectivity index (χ0) is 19.3. The Morgan fingerprint density at radius 2 is 1.52 bits per heavy atom. The Kier molecular flexibility index (Phi) is 4.95. The first-order valence-corrected chi connectivity index (χ1v) is 13.8. The van der Waals surface area contributed by atoms with E-state index in [-0.39, 0.29) is 0 Å². The molecule has 2 aromatic carbocycles. The molecule has 0 atom stereocenters. The summed E-state index contributed by atoms with van der Waals surface area (Å²) in [4.78, 5) is 0. The number of fused-ring (bicyclic) bond motifs is 2. The van der Waals surface area contributed by atoms with Crippen molar-refractivity contribution in [1.29, 1.82) is 0 Å². The Morgan fingerprint density at radius 3 is 2.11 bits per heavy atom. The van der Waals surface area contributed by atoms with Gasteiger partial charge in [0.1, 0.15) is 0 Å². The van der Waals surface area contributed by atoms with Gasteiger partial charge in [0.15, 0.2) is 0 Å². The van der Waals surface area contributed by atoms with Crippen LogP contribution in [0.5, 0.6) is 0 Å². The Balaban J connectivity index is 1.80. The van der Waals surface area contributed by atoms with Gasteiger partial charge in [0.05, 0.1) is 0 Å². The average molecular weight is 521 g/mol. The summed E-state index contributed by atoms with van der Waals surface area (Å²) in [6, 6.07) is 13.8. The van der Waals surface area contributed by atoms with Crippen molar-refractivity contribution in [3.8, 4) is 0 Å². The van der Waals surface area contributed by atoms with E-state index in [1.54, 1.807) is 39.0 Å². The van der Waals surface area contributed by atoms with Gasteiger partial charge in [0, 0.05) is 0 Å². The Morgan fingerprint density at radius 1 is 0.926 bits per heavy atom. The quantitative estimate of drug-likeness (QED) is 0.360. The van der Waals surface area contributed by atoms with Crippen molar-refractivity contribution in [2.75, 3.05) is 0 Å². The van der Waals surface area contributed by atoms with E-state index in [0.717, 1.165) is 0 Å². The second kappa shape index (κ2) is 6.99. The molecule has 0 aliphatic heterocycles. The number of allylic oxidation sites excluding steroid dienone is 6. The summed E-state index contributed by atoms with van der Waals surface area (Å²) in [5, 5.41) is 2.79. The van der Waals surface area contributed by atoms with E-state index >= 15 is 0 Å². The van der Waals surface area contributed by atoms with Crippen LogP contribution >= 0.6 is 0 Å². The molecular formula is C26H30Hf. The van der Waals surface area contributed by atoms with Crippen molar-refractivity contribution < 1.29 is 22.9 Å². The fourth-order valence-corrected chi connectivity index (χ4v) is 12.3.